The molecule has 2 rings (SSSR count). The van der Waals surface area contributed by atoms with Crippen molar-refractivity contribution in [1.29, 1.82) is 5.26 Å². The van der Waals surface area contributed by atoms with Crippen LogP contribution in [0, 0.1) is 11.3 Å². The molecule has 0 heterocycles. The average Bonchev–Trinajstić information content (AvgIpc) is 2.66. The number of benzene rings is 2. The van der Waals surface area contributed by atoms with Crippen LogP contribution in [0.4, 0.5) is 14.5 Å². The van der Waals surface area contributed by atoms with Crippen molar-refractivity contribution in [3.63, 3.8) is 0 Å². The van der Waals surface area contributed by atoms with Gasteiger partial charge in [-0.05, 0) is 36.4 Å². The zero-order valence-electron chi connectivity index (χ0n) is 13.9. The van der Waals surface area contributed by atoms with Crippen LogP contribution in [0.3, 0.4) is 0 Å². The van der Waals surface area contributed by atoms with E-state index in [1.165, 1.54) is 48.5 Å². The number of nitrogens with one attached hydrogen (secondary N) is 1. The highest BCUT2D eigenvalue weighted by molar-refractivity contribution is 5.94. The van der Waals surface area contributed by atoms with Gasteiger partial charge in [-0.25, -0.2) is 4.79 Å². The molecule has 0 aliphatic carbocycles. The SMILES string of the molecule is N#Cc1ccc(OCC(=O)OCC(=O)Nc2ccccc2OC(F)F)cc1. The number of hydrogen-bond acceptors (Lipinski definition) is 6. The van der Waals surface area contributed by atoms with Crippen LogP contribution >= 0.6 is 0 Å². The number of hydrogen-bond donors (Lipinski definition) is 1. The highest BCUT2D eigenvalue weighted by Gasteiger charge is 2.13. The third-order valence-corrected chi connectivity index (χ3v) is 3.08. The van der Waals surface area contributed by atoms with Gasteiger partial charge in [-0.3, -0.25) is 4.79 Å². The lowest BCUT2D eigenvalue weighted by Crippen LogP contribution is -2.24. The van der Waals surface area contributed by atoms with Gasteiger partial charge in [0.05, 0.1) is 17.3 Å². The summed E-state index contributed by atoms with van der Waals surface area (Å²) in [5.74, 6) is -1.39. The zero-order chi connectivity index (χ0) is 19.6. The molecule has 0 radical (unpaired) electrons. The average molecular weight is 376 g/mol. The minimum Gasteiger partial charge on any atom is -0.482 e. The van der Waals surface area contributed by atoms with Gasteiger partial charge in [0.25, 0.3) is 5.91 Å². The number of esters is 1. The van der Waals surface area contributed by atoms with E-state index in [2.05, 4.69) is 10.1 Å². The third-order valence-electron chi connectivity index (χ3n) is 3.08. The summed E-state index contributed by atoms with van der Waals surface area (Å²) in [6, 6.07) is 13.6. The molecule has 0 aliphatic heterocycles. The van der Waals surface area contributed by atoms with E-state index in [0.717, 1.165) is 0 Å². The molecule has 0 saturated heterocycles. The lowest BCUT2D eigenvalue weighted by Gasteiger charge is -2.12. The van der Waals surface area contributed by atoms with Crippen molar-refractivity contribution in [2.45, 2.75) is 6.61 Å². The fourth-order valence-electron chi connectivity index (χ4n) is 1.91. The number of halogens is 2. The van der Waals surface area contributed by atoms with Crippen LogP contribution in [0.1, 0.15) is 5.56 Å². The van der Waals surface area contributed by atoms with Crippen molar-refractivity contribution in [2.24, 2.45) is 0 Å². The van der Waals surface area contributed by atoms with Crippen molar-refractivity contribution in [2.75, 3.05) is 18.5 Å². The fraction of sp³-hybridized carbons (Fsp3) is 0.167. The van der Waals surface area contributed by atoms with Crippen LogP contribution in [0.2, 0.25) is 0 Å². The van der Waals surface area contributed by atoms with Gasteiger partial charge in [0, 0.05) is 0 Å². The molecule has 0 aliphatic rings. The second kappa shape index (κ2) is 9.72. The Morgan fingerprint density at radius 1 is 1.07 bits per heavy atom. The Kier molecular flexibility index (Phi) is 7.07. The minimum absolute atomic E-state index is 0.0210. The molecule has 7 nitrogen and oxygen atoms in total. The molecule has 0 fully saturated rings. The molecule has 2 aromatic carbocycles. The molecular formula is C18H14F2N2O5. The summed E-state index contributed by atoms with van der Waals surface area (Å²) >= 11 is 0. The van der Waals surface area contributed by atoms with Crippen LogP contribution < -0.4 is 14.8 Å². The molecule has 27 heavy (non-hydrogen) atoms. The van der Waals surface area contributed by atoms with Crippen LogP contribution in [-0.4, -0.2) is 31.7 Å². The Bertz CT molecular complexity index is 834. The van der Waals surface area contributed by atoms with E-state index in [4.69, 9.17) is 14.7 Å². The lowest BCUT2D eigenvalue weighted by atomic mass is 10.2. The van der Waals surface area contributed by atoms with Gasteiger partial charge < -0.3 is 19.5 Å². The van der Waals surface area contributed by atoms with E-state index in [1.807, 2.05) is 6.07 Å². The van der Waals surface area contributed by atoms with Gasteiger partial charge in [0.15, 0.2) is 13.2 Å². The smallest absolute Gasteiger partial charge is 0.387 e. The zero-order valence-corrected chi connectivity index (χ0v) is 13.9. The predicted molar refractivity (Wildman–Crippen MR) is 89.3 cm³/mol. The number of amides is 1. The highest BCUT2D eigenvalue weighted by atomic mass is 19.3. The Hall–Kier alpha value is -3.67. The number of rotatable bonds is 8. The Morgan fingerprint density at radius 3 is 2.44 bits per heavy atom. The normalized spacial score (nSPS) is 10.0. The topological polar surface area (TPSA) is 97.6 Å². The predicted octanol–water partition coefficient (Wildman–Crippen LogP) is 2.72. The van der Waals surface area contributed by atoms with E-state index < -0.39 is 31.7 Å². The summed E-state index contributed by atoms with van der Waals surface area (Å²) in [7, 11) is 0. The van der Waals surface area contributed by atoms with E-state index in [0.29, 0.717) is 11.3 Å². The monoisotopic (exact) mass is 376 g/mol. The van der Waals surface area contributed by atoms with Crippen LogP contribution in [-0.2, 0) is 14.3 Å². The molecule has 1 N–H and O–H groups in total. The Morgan fingerprint density at radius 2 is 1.78 bits per heavy atom. The van der Waals surface area contributed by atoms with Crippen molar-refractivity contribution < 1.29 is 32.6 Å². The molecule has 0 atom stereocenters. The van der Waals surface area contributed by atoms with Gasteiger partial charge in [-0.1, -0.05) is 12.1 Å². The summed E-state index contributed by atoms with van der Waals surface area (Å²) in [6.45, 7) is -4.11. The second-order valence-electron chi connectivity index (χ2n) is 5.01. The maximum Gasteiger partial charge on any atom is 0.387 e. The van der Waals surface area contributed by atoms with Gasteiger partial charge in [0.2, 0.25) is 0 Å². The lowest BCUT2D eigenvalue weighted by molar-refractivity contribution is -0.149. The molecule has 2 aromatic rings. The maximum atomic E-state index is 12.3. The van der Waals surface area contributed by atoms with Crippen molar-refractivity contribution in [1.82, 2.24) is 0 Å². The molecule has 1 amide bonds. The maximum absolute atomic E-state index is 12.3. The number of carbonyl (C=O) groups excluding carboxylic acids is 2. The molecule has 0 aromatic heterocycles. The number of anilines is 1. The molecule has 9 heteroatoms. The first-order valence-corrected chi connectivity index (χ1v) is 7.60. The summed E-state index contributed by atoms with van der Waals surface area (Å²) < 4.78 is 38.8. The first kappa shape index (κ1) is 19.7. The number of nitriles is 1. The van der Waals surface area contributed by atoms with Gasteiger partial charge >= 0.3 is 12.6 Å². The van der Waals surface area contributed by atoms with E-state index in [-0.39, 0.29) is 11.4 Å². The molecule has 0 saturated carbocycles. The summed E-state index contributed by atoms with van der Waals surface area (Å²) in [5, 5.41) is 11.0. The number of ether oxygens (including phenoxy) is 3. The molecule has 140 valence electrons. The largest absolute Gasteiger partial charge is 0.482 e. The molecular weight excluding hydrogens is 362 g/mol. The summed E-state index contributed by atoms with van der Waals surface area (Å²) in [5.41, 5.74) is 0.463. The van der Waals surface area contributed by atoms with Crippen LogP contribution in [0.5, 0.6) is 11.5 Å². The number of para-hydroxylation sites is 2. The van der Waals surface area contributed by atoms with E-state index in [1.54, 1.807) is 0 Å². The third kappa shape index (κ3) is 6.62. The number of carbonyl (C=O) groups is 2. The van der Waals surface area contributed by atoms with Crippen molar-refractivity contribution in [3.8, 4) is 17.6 Å². The fourth-order valence-corrected chi connectivity index (χ4v) is 1.91. The second-order valence-corrected chi connectivity index (χ2v) is 5.01. The first-order valence-electron chi connectivity index (χ1n) is 7.60. The van der Waals surface area contributed by atoms with Gasteiger partial charge in [-0.2, -0.15) is 14.0 Å². The number of alkyl halides is 2. The van der Waals surface area contributed by atoms with E-state index >= 15 is 0 Å². The highest BCUT2D eigenvalue weighted by Crippen LogP contribution is 2.25. The van der Waals surface area contributed by atoms with Crippen LogP contribution in [0.15, 0.2) is 48.5 Å². The minimum atomic E-state index is -3.04. The summed E-state index contributed by atoms with van der Waals surface area (Å²) in [6.07, 6.45) is 0. The number of nitrogens with zero attached hydrogens (tertiary/aromatic N) is 1. The quantitative estimate of drug-likeness (QED) is 0.712. The Labute approximate surface area is 153 Å². The van der Waals surface area contributed by atoms with Gasteiger partial charge in [-0.15, -0.1) is 0 Å². The Balaban J connectivity index is 1.78. The van der Waals surface area contributed by atoms with Gasteiger partial charge in [0.1, 0.15) is 11.5 Å². The summed E-state index contributed by atoms with van der Waals surface area (Å²) in [4.78, 5) is 23.4. The first-order chi connectivity index (χ1) is 13.0. The molecule has 0 bridgehead atoms. The molecule has 0 unspecified atom stereocenters. The van der Waals surface area contributed by atoms with Crippen molar-refractivity contribution in [3.05, 3.63) is 54.1 Å². The van der Waals surface area contributed by atoms with E-state index in [9.17, 15) is 18.4 Å². The standard InChI is InChI=1S/C18H14F2N2O5/c19-18(20)27-15-4-2-1-3-14(15)22-16(23)10-26-17(24)11-25-13-7-5-12(9-21)6-8-13/h1-8,18H,10-11H2,(H,22,23). The molecule has 0 spiro atoms. The van der Waals surface area contributed by atoms with Crippen molar-refractivity contribution >= 4 is 17.6 Å². The van der Waals surface area contributed by atoms with Crippen LogP contribution in [0.25, 0.3) is 0 Å².